The highest BCUT2D eigenvalue weighted by Gasteiger charge is 1.94. The summed E-state index contributed by atoms with van der Waals surface area (Å²) in [7, 11) is 0. The van der Waals surface area contributed by atoms with Gasteiger partial charge in [-0.1, -0.05) is 13.8 Å². The summed E-state index contributed by atoms with van der Waals surface area (Å²) < 4.78 is 5.26. The summed E-state index contributed by atoms with van der Waals surface area (Å²) in [5, 5.41) is 0. The molecule has 0 radical (unpaired) electrons. The SMILES string of the molecule is CCCN=C(COCCC)NN. The molecule has 0 aromatic carbocycles. The van der Waals surface area contributed by atoms with Crippen LogP contribution in [0.5, 0.6) is 0 Å². The van der Waals surface area contributed by atoms with Gasteiger partial charge in [-0.05, 0) is 12.8 Å². The molecule has 4 heteroatoms. The smallest absolute Gasteiger partial charge is 0.137 e. The minimum atomic E-state index is 0.490. The van der Waals surface area contributed by atoms with E-state index in [-0.39, 0.29) is 0 Å². The second-order valence-electron chi connectivity index (χ2n) is 2.53. The Morgan fingerprint density at radius 3 is 2.67 bits per heavy atom. The number of hydrazine groups is 1. The predicted octanol–water partition coefficient (Wildman–Crippen LogP) is 0.685. The van der Waals surface area contributed by atoms with Crippen molar-refractivity contribution in [3.63, 3.8) is 0 Å². The van der Waals surface area contributed by atoms with E-state index in [1.807, 2.05) is 0 Å². The number of nitrogens with zero attached hydrogens (tertiary/aromatic N) is 1. The Hall–Kier alpha value is -0.610. The Morgan fingerprint density at radius 1 is 1.42 bits per heavy atom. The number of aliphatic imine (C=N–C) groups is 1. The van der Waals surface area contributed by atoms with Crippen molar-refractivity contribution in [3.8, 4) is 0 Å². The van der Waals surface area contributed by atoms with Crippen LogP contribution in [-0.4, -0.2) is 25.6 Å². The molecule has 0 rings (SSSR count). The molecule has 0 aliphatic heterocycles. The fourth-order valence-electron chi connectivity index (χ4n) is 0.693. The van der Waals surface area contributed by atoms with Crippen LogP contribution in [0.2, 0.25) is 0 Å². The maximum Gasteiger partial charge on any atom is 0.137 e. The highest BCUT2D eigenvalue weighted by Crippen LogP contribution is 1.83. The van der Waals surface area contributed by atoms with Gasteiger partial charge in [0.1, 0.15) is 12.4 Å². The van der Waals surface area contributed by atoms with Crippen molar-refractivity contribution in [2.24, 2.45) is 10.8 Å². The number of amidine groups is 1. The monoisotopic (exact) mass is 173 g/mol. The van der Waals surface area contributed by atoms with Gasteiger partial charge in [0.05, 0.1) is 0 Å². The van der Waals surface area contributed by atoms with Crippen LogP contribution < -0.4 is 11.3 Å². The molecule has 72 valence electrons. The van der Waals surface area contributed by atoms with Gasteiger partial charge in [-0.25, -0.2) is 5.84 Å². The number of nitrogens with one attached hydrogen (secondary N) is 1. The lowest BCUT2D eigenvalue weighted by atomic mass is 10.5. The standard InChI is InChI=1S/C8H19N3O/c1-3-5-10-8(11-9)7-12-6-4-2/h3-7,9H2,1-2H3,(H,10,11). The van der Waals surface area contributed by atoms with Gasteiger partial charge in [-0.2, -0.15) is 0 Å². The molecule has 0 saturated carbocycles. The number of hydrogen-bond donors (Lipinski definition) is 2. The number of hydrogen-bond acceptors (Lipinski definition) is 3. The Labute approximate surface area is 74.2 Å². The molecule has 0 saturated heterocycles. The van der Waals surface area contributed by atoms with Gasteiger partial charge in [0.25, 0.3) is 0 Å². The average molecular weight is 173 g/mol. The van der Waals surface area contributed by atoms with E-state index in [1.54, 1.807) is 0 Å². The quantitative estimate of drug-likeness (QED) is 0.204. The van der Waals surface area contributed by atoms with Crippen molar-refractivity contribution in [2.45, 2.75) is 26.7 Å². The van der Waals surface area contributed by atoms with Crippen molar-refractivity contribution in [3.05, 3.63) is 0 Å². The summed E-state index contributed by atoms with van der Waals surface area (Å²) >= 11 is 0. The molecule has 0 amide bonds. The van der Waals surface area contributed by atoms with Crippen LogP contribution >= 0.6 is 0 Å². The Morgan fingerprint density at radius 2 is 2.17 bits per heavy atom. The molecule has 12 heavy (non-hydrogen) atoms. The van der Waals surface area contributed by atoms with Crippen LogP contribution in [0.3, 0.4) is 0 Å². The third-order valence-electron chi connectivity index (χ3n) is 1.28. The van der Waals surface area contributed by atoms with E-state index in [2.05, 4.69) is 24.3 Å². The first kappa shape index (κ1) is 11.4. The molecule has 0 fully saturated rings. The number of ether oxygens (including phenoxy) is 1. The van der Waals surface area contributed by atoms with E-state index in [1.165, 1.54) is 0 Å². The lowest BCUT2D eigenvalue weighted by Gasteiger charge is -2.05. The van der Waals surface area contributed by atoms with Crippen LogP contribution in [0.4, 0.5) is 0 Å². The fraction of sp³-hybridized carbons (Fsp3) is 0.875. The molecule has 0 heterocycles. The third-order valence-corrected chi connectivity index (χ3v) is 1.28. The summed E-state index contributed by atoms with van der Waals surface area (Å²) in [4.78, 5) is 4.19. The number of rotatable bonds is 6. The first-order chi connectivity index (χ1) is 5.85. The minimum Gasteiger partial charge on any atom is -0.374 e. The fourth-order valence-corrected chi connectivity index (χ4v) is 0.693. The highest BCUT2D eigenvalue weighted by atomic mass is 16.5. The van der Waals surface area contributed by atoms with E-state index in [4.69, 9.17) is 10.6 Å². The van der Waals surface area contributed by atoms with E-state index in [0.29, 0.717) is 6.61 Å². The Balaban J connectivity index is 3.52. The molecular weight excluding hydrogens is 154 g/mol. The maximum absolute atomic E-state index is 5.26. The van der Waals surface area contributed by atoms with Gasteiger partial charge < -0.3 is 10.2 Å². The first-order valence-corrected chi connectivity index (χ1v) is 4.42. The molecule has 4 nitrogen and oxygen atoms in total. The van der Waals surface area contributed by atoms with Gasteiger partial charge >= 0.3 is 0 Å². The van der Waals surface area contributed by atoms with Crippen molar-refractivity contribution < 1.29 is 4.74 Å². The molecular formula is C8H19N3O. The third kappa shape index (κ3) is 6.12. The zero-order chi connectivity index (χ0) is 9.23. The molecule has 0 aromatic heterocycles. The number of nitrogens with two attached hydrogens (primary N) is 1. The summed E-state index contributed by atoms with van der Waals surface area (Å²) in [5.41, 5.74) is 2.52. The molecule has 0 bridgehead atoms. The molecule has 0 aliphatic rings. The van der Waals surface area contributed by atoms with Gasteiger partial charge in [-0.15, -0.1) is 0 Å². The lowest BCUT2D eigenvalue weighted by molar-refractivity contribution is 0.170. The maximum atomic E-state index is 5.26. The largest absolute Gasteiger partial charge is 0.374 e. The minimum absolute atomic E-state index is 0.490. The van der Waals surface area contributed by atoms with E-state index >= 15 is 0 Å². The normalized spacial score (nSPS) is 11.8. The Bertz CT molecular complexity index is 125. The van der Waals surface area contributed by atoms with Crippen molar-refractivity contribution in [1.29, 1.82) is 0 Å². The first-order valence-electron chi connectivity index (χ1n) is 4.42. The second kappa shape index (κ2) is 8.49. The second-order valence-corrected chi connectivity index (χ2v) is 2.53. The van der Waals surface area contributed by atoms with Crippen molar-refractivity contribution in [1.82, 2.24) is 5.43 Å². The van der Waals surface area contributed by atoms with Crippen LogP contribution in [0, 0.1) is 0 Å². The lowest BCUT2D eigenvalue weighted by Crippen LogP contribution is -2.34. The summed E-state index contributed by atoms with van der Waals surface area (Å²) in [6, 6.07) is 0. The molecule has 0 aliphatic carbocycles. The molecule has 0 spiro atoms. The van der Waals surface area contributed by atoms with Crippen LogP contribution in [0.1, 0.15) is 26.7 Å². The van der Waals surface area contributed by atoms with E-state index < -0.39 is 0 Å². The molecule has 0 unspecified atom stereocenters. The summed E-state index contributed by atoms with van der Waals surface area (Å²) in [6.45, 7) is 6.19. The Kier molecular flexibility index (Phi) is 8.05. The van der Waals surface area contributed by atoms with Crippen LogP contribution in [0.15, 0.2) is 4.99 Å². The van der Waals surface area contributed by atoms with E-state index in [9.17, 15) is 0 Å². The van der Waals surface area contributed by atoms with Crippen molar-refractivity contribution in [2.75, 3.05) is 19.8 Å². The van der Waals surface area contributed by atoms with Crippen molar-refractivity contribution >= 4 is 5.84 Å². The van der Waals surface area contributed by atoms with Gasteiger partial charge in [-0.3, -0.25) is 4.99 Å². The zero-order valence-corrected chi connectivity index (χ0v) is 7.97. The zero-order valence-electron chi connectivity index (χ0n) is 7.97. The topological polar surface area (TPSA) is 59.6 Å². The summed E-state index contributed by atoms with van der Waals surface area (Å²) in [6.07, 6.45) is 2.05. The van der Waals surface area contributed by atoms with Gasteiger partial charge in [0.15, 0.2) is 0 Å². The highest BCUT2D eigenvalue weighted by molar-refractivity contribution is 5.82. The van der Waals surface area contributed by atoms with Gasteiger partial charge in [0, 0.05) is 13.2 Å². The van der Waals surface area contributed by atoms with Crippen LogP contribution in [0.25, 0.3) is 0 Å². The molecule has 3 N–H and O–H groups in total. The predicted molar refractivity (Wildman–Crippen MR) is 51.0 cm³/mol. The molecule has 0 aromatic rings. The van der Waals surface area contributed by atoms with Crippen LogP contribution in [-0.2, 0) is 4.74 Å². The average Bonchev–Trinajstić information content (AvgIpc) is 2.11. The van der Waals surface area contributed by atoms with E-state index in [0.717, 1.165) is 31.8 Å². The molecule has 0 atom stereocenters. The van der Waals surface area contributed by atoms with Gasteiger partial charge in [0.2, 0.25) is 0 Å². The summed E-state index contributed by atoms with van der Waals surface area (Å²) in [5.74, 6) is 5.96.